The summed E-state index contributed by atoms with van der Waals surface area (Å²) in [6, 6.07) is 3.87. The van der Waals surface area contributed by atoms with Gasteiger partial charge in [0.1, 0.15) is 12.4 Å². The number of rotatable bonds is 4. The fourth-order valence-corrected chi connectivity index (χ4v) is 1.91. The highest BCUT2D eigenvalue weighted by Gasteiger charge is 2.10. The molecule has 0 aliphatic rings. The van der Waals surface area contributed by atoms with Crippen LogP contribution in [0.5, 0.6) is 5.75 Å². The van der Waals surface area contributed by atoms with Crippen LogP contribution in [0.15, 0.2) is 12.1 Å². The van der Waals surface area contributed by atoms with Crippen molar-refractivity contribution in [2.24, 2.45) is 0 Å². The second kappa shape index (κ2) is 5.55. The fraction of sp³-hybridized carbons (Fsp3) is 0.538. The van der Waals surface area contributed by atoms with Crippen LogP contribution in [0, 0.1) is 6.92 Å². The van der Waals surface area contributed by atoms with Gasteiger partial charge < -0.3 is 9.84 Å². The van der Waals surface area contributed by atoms with E-state index in [2.05, 4.69) is 13.8 Å². The van der Waals surface area contributed by atoms with Crippen LogP contribution in [-0.4, -0.2) is 17.8 Å². The maximum Gasteiger partial charge on any atom is 0.122 e. The number of hydrogen-bond donors (Lipinski definition) is 1. The van der Waals surface area contributed by atoms with Gasteiger partial charge in [-0.05, 0) is 43.0 Å². The van der Waals surface area contributed by atoms with Crippen LogP contribution < -0.4 is 4.74 Å². The average molecular weight is 243 g/mol. The predicted octanol–water partition coefficient (Wildman–Crippen LogP) is 3.53. The summed E-state index contributed by atoms with van der Waals surface area (Å²) >= 11 is 6.15. The molecular formula is C13H19ClO2. The molecule has 2 nitrogen and oxygen atoms in total. The van der Waals surface area contributed by atoms with Crippen LogP contribution in [-0.2, 0) is 0 Å². The molecule has 0 aromatic heterocycles. The third-order valence-corrected chi connectivity index (χ3v) is 2.72. The normalized spacial score (nSPS) is 12.9. The van der Waals surface area contributed by atoms with Gasteiger partial charge in [-0.1, -0.05) is 25.4 Å². The molecule has 0 unspecified atom stereocenters. The summed E-state index contributed by atoms with van der Waals surface area (Å²) in [5.74, 6) is 1.16. The van der Waals surface area contributed by atoms with E-state index in [4.69, 9.17) is 16.3 Å². The highest BCUT2D eigenvalue weighted by atomic mass is 35.5. The highest BCUT2D eigenvalue weighted by molar-refractivity contribution is 6.31. The molecule has 90 valence electrons. The average Bonchev–Trinajstić information content (AvgIpc) is 2.15. The summed E-state index contributed by atoms with van der Waals surface area (Å²) in [6.07, 6.45) is -0.461. The second-order valence-corrected chi connectivity index (χ2v) is 4.86. The van der Waals surface area contributed by atoms with Crippen LogP contribution in [0.25, 0.3) is 0 Å². The molecule has 0 aliphatic carbocycles. The van der Waals surface area contributed by atoms with Crippen molar-refractivity contribution in [3.63, 3.8) is 0 Å². The van der Waals surface area contributed by atoms with Crippen LogP contribution in [0.3, 0.4) is 0 Å². The Morgan fingerprint density at radius 1 is 1.31 bits per heavy atom. The van der Waals surface area contributed by atoms with Crippen molar-refractivity contribution < 1.29 is 9.84 Å². The van der Waals surface area contributed by atoms with Gasteiger partial charge in [0.2, 0.25) is 0 Å². The van der Waals surface area contributed by atoms with Crippen molar-refractivity contribution in [1.82, 2.24) is 0 Å². The standard InChI is InChI=1S/C13H19ClO2/c1-8(2)11-6-13(16-7-10(4)15)9(3)5-12(11)14/h5-6,8,10,15H,7H2,1-4H3/t10-/m1/s1. The zero-order valence-corrected chi connectivity index (χ0v) is 11.0. The number of ether oxygens (including phenoxy) is 1. The Balaban J connectivity index is 2.96. The number of halogens is 1. The minimum absolute atomic E-state index is 0.306. The van der Waals surface area contributed by atoms with E-state index in [-0.39, 0.29) is 0 Å². The predicted molar refractivity (Wildman–Crippen MR) is 67.5 cm³/mol. The van der Waals surface area contributed by atoms with E-state index < -0.39 is 6.10 Å². The number of hydrogen-bond acceptors (Lipinski definition) is 2. The SMILES string of the molecule is Cc1cc(Cl)c(C(C)C)cc1OC[C@@H](C)O. The molecule has 1 rings (SSSR count). The van der Waals surface area contributed by atoms with Crippen molar-refractivity contribution in [2.45, 2.75) is 39.7 Å². The maximum absolute atomic E-state index is 9.19. The Kier molecular flexibility index (Phi) is 4.63. The van der Waals surface area contributed by atoms with E-state index in [1.54, 1.807) is 6.92 Å². The van der Waals surface area contributed by atoms with E-state index in [9.17, 15) is 5.11 Å². The highest BCUT2D eigenvalue weighted by Crippen LogP contribution is 2.31. The first-order valence-electron chi connectivity index (χ1n) is 5.52. The van der Waals surface area contributed by atoms with Crippen LogP contribution in [0.1, 0.15) is 37.8 Å². The molecule has 0 fully saturated rings. The number of aliphatic hydroxyl groups is 1. The largest absolute Gasteiger partial charge is 0.491 e. The zero-order valence-electron chi connectivity index (χ0n) is 10.2. The third kappa shape index (κ3) is 3.39. The van der Waals surface area contributed by atoms with Crippen LogP contribution in [0.4, 0.5) is 0 Å². The van der Waals surface area contributed by atoms with Gasteiger partial charge in [-0.25, -0.2) is 0 Å². The Morgan fingerprint density at radius 2 is 1.94 bits per heavy atom. The first-order chi connectivity index (χ1) is 7.41. The number of aryl methyl sites for hydroxylation is 1. The Hall–Kier alpha value is -0.730. The van der Waals surface area contributed by atoms with E-state index in [0.717, 1.165) is 21.9 Å². The molecule has 0 bridgehead atoms. The molecule has 0 saturated carbocycles. The minimum Gasteiger partial charge on any atom is -0.491 e. The lowest BCUT2D eigenvalue weighted by molar-refractivity contribution is 0.122. The summed E-state index contributed by atoms with van der Waals surface area (Å²) in [7, 11) is 0. The van der Waals surface area contributed by atoms with Crippen molar-refractivity contribution >= 4 is 11.6 Å². The van der Waals surface area contributed by atoms with E-state index >= 15 is 0 Å². The zero-order chi connectivity index (χ0) is 12.3. The molecule has 0 spiro atoms. The maximum atomic E-state index is 9.19. The summed E-state index contributed by atoms with van der Waals surface area (Å²) in [5.41, 5.74) is 2.07. The summed E-state index contributed by atoms with van der Waals surface area (Å²) in [6.45, 7) is 8.14. The monoisotopic (exact) mass is 242 g/mol. The van der Waals surface area contributed by atoms with Gasteiger partial charge in [0.25, 0.3) is 0 Å². The van der Waals surface area contributed by atoms with Gasteiger partial charge in [-0.2, -0.15) is 0 Å². The molecule has 16 heavy (non-hydrogen) atoms. The topological polar surface area (TPSA) is 29.5 Å². The lowest BCUT2D eigenvalue weighted by Crippen LogP contribution is -2.13. The van der Waals surface area contributed by atoms with Crippen molar-refractivity contribution in [3.05, 3.63) is 28.3 Å². The van der Waals surface area contributed by atoms with Gasteiger partial charge in [-0.3, -0.25) is 0 Å². The molecule has 0 amide bonds. The first-order valence-corrected chi connectivity index (χ1v) is 5.90. The fourth-order valence-electron chi connectivity index (χ4n) is 1.48. The Morgan fingerprint density at radius 3 is 2.44 bits per heavy atom. The van der Waals surface area contributed by atoms with Gasteiger partial charge >= 0.3 is 0 Å². The molecule has 0 heterocycles. The minimum atomic E-state index is -0.461. The molecule has 1 N–H and O–H groups in total. The second-order valence-electron chi connectivity index (χ2n) is 4.45. The van der Waals surface area contributed by atoms with Crippen molar-refractivity contribution in [2.75, 3.05) is 6.61 Å². The summed E-state index contributed by atoms with van der Waals surface area (Å²) < 4.78 is 5.54. The number of aliphatic hydroxyl groups excluding tert-OH is 1. The molecule has 1 atom stereocenters. The molecule has 3 heteroatoms. The van der Waals surface area contributed by atoms with Crippen LogP contribution >= 0.6 is 11.6 Å². The molecule has 0 aliphatic heterocycles. The lowest BCUT2D eigenvalue weighted by Gasteiger charge is -2.15. The van der Waals surface area contributed by atoms with Gasteiger partial charge in [0.05, 0.1) is 6.10 Å². The quantitative estimate of drug-likeness (QED) is 0.875. The van der Waals surface area contributed by atoms with Gasteiger partial charge in [-0.15, -0.1) is 0 Å². The summed E-state index contributed by atoms with van der Waals surface area (Å²) in [4.78, 5) is 0. The lowest BCUT2D eigenvalue weighted by atomic mass is 10.0. The van der Waals surface area contributed by atoms with Gasteiger partial charge in [0.15, 0.2) is 0 Å². The number of benzene rings is 1. The smallest absolute Gasteiger partial charge is 0.122 e. The van der Waals surface area contributed by atoms with Crippen molar-refractivity contribution in [1.29, 1.82) is 0 Å². The van der Waals surface area contributed by atoms with Crippen LogP contribution in [0.2, 0.25) is 5.02 Å². The molecule has 1 aromatic rings. The molecule has 0 saturated heterocycles. The molecular weight excluding hydrogens is 224 g/mol. The summed E-state index contributed by atoms with van der Waals surface area (Å²) in [5, 5.41) is 9.96. The Labute approximate surface area is 102 Å². The van der Waals surface area contributed by atoms with E-state index in [0.29, 0.717) is 12.5 Å². The van der Waals surface area contributed by atoms with Gasteiger partial charge in [0, 0.05) is 5.02 Å². The molecule has 0 radical (unpaired) electrons. The van der Waals surface area contributed by atoms with E-state index in [1.165, 1.54) is 0 Å². The van der Waals surface area contributed by atoms with E-state index in [1.807, 2.05) is 19.1 Å². The van der Waals surface area contributed by atoms with Crippen molar-refractivity contribution in [3.8, 4) is 5.75 Å². The Bertz CT molecular complexity index is 359. The third-order valence-electron chi connectivity index (χ3n) is 2.40. The first kappa shape index (κ1) is 13.3. The molecule has 1 aromatic carbocycles.